The van der Waals surface area contributed by atoms with Crippen molar-refractivity contribution in [2.24, 2.45) is 0 Å². The standard InChI is InChI=1S/C23H27NO6S/c1-5-12-24-22(25)18(16-8-11-19(29-3)20(13-16)30-4)14-21(23(24)26)31(27,28)17-9-6-15(2)7-10-17/h6-11,13,18,21H,5,12,14H2,1-4H3. The Morgan fingerprint density at radius 1 is 0.968 bits per heavy atom. The largest absolute Gasteiger partial charge is 0.493 e. The molecule has 1 fully saturated rings. The molecule has 1 aliphatic heterocycles. The van der Waals surface area contributed by atoms with E-state index in [0.717, 1.165) is 10.5 Å². The quantitative estimate of drug-likeness (QED) is 0.609. The summed E-state index contributed by atoms with van der Waals surface area (Å²) in [4.78, 5) is 27.4. The van der Waals surface area contributed by atoms with Gasteiger partial charge in [0.05, 0.1) is 25.0 Å². The number of likely N-dealkylation sites (tertiary alicyclic amines) is 1. The van der Waals surface area contributed by atoms with Gasteiger partial charge in [-0.2, -0.15) is 0 Å². The number of carbonyl (C=O) groups excluding carboxylic acids is 2. The van der Waals surface area contributed by atoms with Crippen LogP contribution in [0.3, 0.4) is 0 Å². The van der Waals surface area contributed by atoms with E-state index in [9.17, 15) is 18.0 Å². The van der Waals surface area contributed by atoms with Crippen LogP contribution in [0.4, 0.5) is 0 Å². The lowest BCUT2D eigenvalue weighted by molar-refractivity contribution is -0.149. The van der Waals surface area contributed by atoms with Gasteiger partial charge >= 0.3 is 0 Å². The van der Waals surface area contributed by atoms with E-state index in [-0.39, 0.29) is 17.9 Å². The Labute approximate surface area is 182 Å². The molecule has 8 heteroatoms. The van der Waals surface area contributed by atoms with Crippen molar-refractivity contribution >= 4 is 21.7 Å². The topological polar surface area (TPSA) is 90.0 Å². The van der Waals surface area contributed by atoms with Gasteiger partial charge in [-0.25, -0.2) is 8.42 Å². The van der Waals surface area contributed by atoms with Crippen LogP contribution in [0.25, 0.3) is 0 Å². The Morgan fingerprint density at radius 3 is 2.19 bits per heavy atom. The average Bonchev–Trinajstić information content (AvgIpc) is 2.76. The van der Waals surface area contributed by atoms with Gasteiger partial charge in [-0.3, -0.25) is 14.5 Å². The second-order valence-electron chi connectivity index (χ2n) is 7.58. The molecule has 7 nitrogen and oxygen atoms in total. The second kappa shape index (κ2) is 9.09. The highest BCUT2D eigenvalue weighted by Crippen LogP contribution is 2.38. The molecule has 2 aromatic rings. The smallest absolute Gasteiger partial charge is 0.247 e. The van der Waals surface area contributed by atoms with Gasteiger partial charge < -0.3 is 9.47 Å². The SMILES string of the molecule is CCCN1C(=O)C(c2ccc(OC)c(OC)c2)CC(S(=O)(=O)c2ccc(C)cc2)C1=O. The summed E-state index contributed by atoms with van der Waals surface area (Å²) in [6.45, 7) is 3.86. The first-order valence-electron chi connectivity index (χ1n) is 10.1. The molecule has 0 aromatic heterocycles. The van der Waals surface area contributed by atoms with Crippen LogP contribution in [0.1, 0.15) is 36.8 Å². The Bertz CT molecular complexity index is 1080. The number of nitrogens with zero attached hydrogens (tertiary/aromatic N) is 1. The maximum atomic E-state index is 13.4. The van der Waals surface area contributed by atoms with Gasteiger partial charge in [0.2, 0.25) is 11.8 Å². The number of hydrogen-bond acceptors (Lipinski definition) is 6. The van der Waals surface area contributed by atoms with Crippen molar-refractivity contribution in [3.8, 4) is 11.5 Å². The Morgan fingerprint density at radius 2 is 1.61 bits per heavy atom. The van der Waals surface area contributed by atoms with Crippen molar-refractivity contribution in [1.29, 1.82) is 0 Å². The van der Waals surface area contributed by atoms with Gasteiger partial charge in [0.15, 0.2) is 21.3 Å². The molecule has 0 radical (unpaired) electrons. The van der Waals surface area contributed by atoms with E-state index in [0.29, 0.717) is 23.5 Å². The second-order valence-corrected chi connectivity index (χ2v) is 9.71. The maximum absolute atomic E-state index is 13.4. The minimum Gasteiger partial charge on any atom is -0.493 e. The summed E-state index contributed by atoms with van der Waals surface area (Å²) in [6, 6.07) is 11.4. The Balaban J connectivity index is 2.06. The number of rotatable bonds is 7. The zero-order chi connectivity index (χ0) is 22.8. The number of ether oxygens (including phenoxy) is 2. The van der Waals surface area contributed by atoms with Gasteiger partial charge in [-0.1, -0.05) is 30.7 Å². The summed E-state index contributed by atoms with van der Waals surface area (Å²) in [6.07, 6.45) is 0.414. The van der Waals surface area contributed by atoms with Crippen molar-refractivity contribution in [1.82, 2.24) is 4.90 Å². The van der Waals surface area contributed by atoms with Gasteiger partial charge in [0.25, 0.3) is 0 Å². The first-order chi connectivity index (χ1) is 14.7. The van der Waals surface area contributed by atoms with E-state index < -0.39 is 32.8 Å². The summed E-state index contributed by atoms with van der Waals surface area (Å²) in [7, 11) is -0.974. The van der Waals surface area contributed by atoms with Crippen LogP contribution in [-0.2, 0) is 19.4 Å². The normalized spacial score (nSPS) is 19.4. The third kappa shape index (κ3) is 4.30. The molecule has 1 saturated heterocycles. The molecule has 166 valence electrons. The fourth-order valence-electron chi connectivity index (χ4n) is 3.83. The molecular formula is C23H27NO6S. The van der Waals surface area contributed by atoms with Crippen molar-refractivity contribution in [3.63, 3.8) is 0 Å². The summed E-state index contributed by atoms with van der Waals surface area (Å²) in [5, 5.41) is -1.34. The minimum atomic E-state index is -3.97. The molecule has 0 bridgehead atoms. The van der Waals surface area contributed by atoms with E-state index in [4.69, 9.17) is 9.47 Å². The predicted octanol–water partition coefficient (Wildman–Crippen LogP) is 3.11. The number of carbonyl (C=O) groups is 2. The average molecular weight is 446 g/mol. The van der Waals surface area contributed by atoms with Crippen LogP contribution < -0.4 is 9.47 Å². The number of methoxy groups -OCH3 is 2. The summed E-state index contributed by atoms with van der Waals surface area (Å²) in [5.41, 5.74) is 1.50. The van der Waals surface area contributed by atoms with Crippen molar-refractivity contribution in [3.05, 3.63) is 53.6 Å². The molecule has 2 unspecified atom stereocenters. The van der Waals surface area contributed by atoms with E-state index in [1.54, 1.807) is 30.3 Å². The molecule has 0 saturated carbocycles. The first-order valence-corrected chi connectivity index (χ1v) is 11.7. The summed E-state index contributed by atoms with van der Waals surface area (Å²) >= 11 is 0. The fourth-order valence-corrected chi connectivity index (χ4v) is 5.51. The summed E-state index contributed by atoms with van der Waals surface area (Å²) in [5.74, 6) is -0.905. The maximum Gasteiger partial charge on any atom is 0.247 e. The molecule has 1 aliphatic rings. The molecule has 31 heavy (non-hydrogen) atoms. The van der Waals surface area contributed by atoms with E-state index in [1.165, 1.54) is 26.4 Å². The molecule has 0 aliphatic carbocycles. The lowest BCUT2D eigenvalue weighted by Crippen LogP contribution is -2.53. The van der Waals surface area contributed by atoms with Crippen molar-refractivity contribution in [2.45, 2.75) is 42.8 Å². The lowest BCUT2D eigenvalue weighted by atomic mass is 9.88. The highest BCUT2D eigenvalue weighted by atomic mass is 32.2. The lowest BCUT2D eigenvalue weighted by Gasteiger charge is -2.35. The minimum absolute atomic E-state index is 0.0771. The van der Waals surface area contributed by atoms with Crippen molar-refractivity contribution in [2.75, 3.05) is 20.8 Å². The number of hydrogen-bond donors (Lipinski definition) is 0. The zero-order valence-electron chi connectivity index (χ0n) is 18.1. The molecule has 0 spiro atoms. The third-order valence-corrected chi connectivity index (χ3v) is 7.61. The molecule has 1 heterocycles. The number of sulfone groups is 1. The predicted molar refractivity (Wildman–Crippen MR) is 116 cm³/mol. The summed E-state index contributed by atoms with van der Waals surface area (Å²) < 4.78 is 37.3. The highest BCUT2D eigenvalue weighted by molar-refractivity contribution is 7.92. The number of piperidine rings is 1. The van der Waals surface area contributed by atoms with E-state index >= 15 is 0 Å². The van der Waals surface area contributed by atoms with Crippen molar-refractivity contribution < 1.29 is 27.5 Å². The van der Waals surface area contributed by atoms with Crippen LogP contribution in [0, 0.1) is 6.92 Å². The molecular weight excluding hydrogens is 418 g/mol. The van der Waals surface area contributed by atoms with Gasteiger partial charge in [-0.15, -0.1) is 0 Å². The van der Waals surface area contributed by atoms with Gasteiger partial charge in [-0.05, 0) is 49.6 Å². The van der Waals surface area contributed by atoms with Crippen LogP contribution >= 0.6 is 0 Å². The highest BCUT2D eigenvalue weighted by Gasteiger charge is 2.47. The number of benzene rings is 2. The van der Waals surface area contributed by atoms with E-state index in [2.05, 4.69) is 0 Å². The third-order valence-electron chi connectivity index (χ3n) is 5.54. The number of imide groups is 1. The van der Waals surface area contributed by atoms with Gasteiger partial charge in [0.1, 0.15) is 5.25 Å². The van der Waals surface area contributed by atoms with Crippen LogP contribution in [0.5, 0.6) is 11.5 Å². The number of amides is 2. The van der Waals surface area contributed by atoms with Crippen LogP contribution in [0.2, 0.25) is 0 Å². The molecule has 2 amide bonds. The van der Waals surface area contributed by atoms with Crippen LogP contribution in [0.15, 0.2) is 47.4 Å². The number of aryl methyl sites for hydroxylation is 1. The van der Waals surface area contributed by atoms with E-state index in [1.807, 2.05) is 13.8 Å². The van der Waals surface area contributed by atoms with Crippen LogP contribution in [-0.4, -0.2) is 51.1 Å². The monoisotopic (exact) mass is 445 g/mol. The Kier molecular flexibility index (Phi) is 6.69. The molecule has 3 rings (SSSR count). The fraction of sp³-hybridized carbons (Fsp3) is 0.391. The Hall–Kier alpha value is -2.87. The molecule has 0 N–H and O–H groups in total. The first kappa shape index (κ1) is 22.8. The zero-order valence-corrected chi connectivity index (χ0v) is 18.9. The van der Waals surface area contributed by atoms with Gasteiger partial charge in [0, 0.05) is 6.54 Å². The molecule has 2 aromatic carbocycles. The molecule has 2 atom stereocenters.